The number of amides is 1. The number of nitrogens with zero attached hydrogens (tertiary/aromatic N) is 2. The van der Waals surface area contributed by atoms with Crippen LogP contribution in [-0.4, -0.2) is 42.6 Å². The van der Waals surface area contributed by atoms with E-state index < -0.39 is 0 Å². The molecule has 1 amide bonds. The first-order valence-corrected chi connectivity index (χ1v) is 7.23. The topological polar surface area (TPSA) is 65.4 Å². The fraction of sp³-hybridized carbons (Fsp3) is 0.467. The molecule has 21 heavy (non-hydrogen) atoms. The minimum Gasteiger partial charge on any atom is -0.373 e. The lowest BCUT2D eigenvalue weighted by Gasteiger charge is -2.34. The number of carbonyl (C=O) groups excluding carboxylic acids is 1. The Morgan fingerprint density at radius 2 is 2.14 bits per heavy atom. The summed E-state index contributed by atoms with van der Waals surface area (Å²) in [5.41, 5.74) is 0.990. The maximum Gasteiger partial charge on any atom is 0.238 e. The van der Waals surface area contributed by atoms with Crippen LogP contribution in [-0.2, 0) is 9.53 Å². The van der Waals surface area contributed by atoms with Gasteiger partial charge in [0.15, 0.2) is 0 Å². The molecule has 1 aromatic rings. The second-order valence-corrected chi connectivity index (χ2v) is 5.71. The predicted octanol–water partition coefficient (Wildman–Crippen LogP) is 2.26. The number of hydrogen-bond donors (Lipinski definition) is 1. The highest BCUT2D eigenvalue weighted by molar-refractivity contribution is 6.32. The lowest BCUT2D eigenvalue weighted by Crippen LogP contribution is -2.48. The van der Waals surface area contributed by atoms with E-state index in [-0.39, 0.29) is 18.1 Å². The molecule has 1 fully saturated rings. The van der Waals surface area contributed by atoms with E-state index in [0.29, 0.717) is 22.8 Å². The Morgan fingerprint density at radius 1 is 1.48 bits per heavy atom. The first-order chi connectivity index (χ1) is 9.97. The van der Waals surface area contributed by atoms with Crippen LogP contribution in [0.4, 0.5) is 5.69 Å². The molecule has 0 bridgehead atoms. The fourth-order valence-corrected chi connectivity index (χ4v) is 2.72. The summed E-state index contributed by atoms with van der Waals surface area (Å²) in [5.74, 6) is -0.0999. The molecular weight excluding hydrogens is 290 g/mol. The molecule has 0 aromatic heterocycles. The van der Waals surface area contributed by atoms with E-state index in [2.05, 4.69) is 10.2 Å². The van der Waals surface area contributed by atoms with Crippen molar-refractivity contribution in [3.63, 3.8) is 0 Å². The smallest absolute Gasteiger partial charge is 0.238 e. The van der Waals surface area contributed by atoms with Gasteiger partial charge in [0.25, 0.3) is 0 Å². The lowest BCUT2D eigenvalue weighted by atomic mass is 10.2. The number of carbonyl (C=O) groups is 1. The summed E-state index contributed by atoms with van der Waals surface area (Å²) < 4.78 is 5.64. The molecule has 2 atom stereocenters. The fourth-order valence-electron chi connectivity index (χ4n) is 2.50. The SMILES string of the molecule is C[C@@H]1CN(CC(=O)Nc2ccc(C#N)c(Cl)c2)C[C@H](C)O1. The number of benzene rings is 1. The van der Waals surface area contributed by atoms with Gasteiger partial charge in [0.1, 0.15) is 6.07 Å². The molecule has 1 N–H and O–H groups in total. The molecule has 1 saturated heterocycles. The zero-order valence-electron chi connectivity index (χ0n) is 12.1. The van der Waals surface area contributed by atoms with E-state index in [0.717, 1.165) is 13.1 Å². The minimum atomic E-state index is -0.0999. The Kier molecular flexibility index (Phi) is 5.18. The van der Waals surface area contributed by atoms with Gasteiger partial charge in [-0.3, -0.25) is 9.69 Å². The minimum absolute atomic E-state index is 0.0999. The predicted molar refractivity (Wildman–Crippen MR) is 81.2 cm³/mol. The van der Waals surface area contributed by atoms with Gasteiger partial charge >= 0.3 is 0 Å². The monoisotopic (exact) mass is 307 g/mol. The molecule has 1 aliphatic heterocycles. The number of nitrogens with one attached hydrogen (secondary N) is 1. The molecule has 1 aromatic carbocycles. The van der Waals surface area contributed by atoms with Gasteiger partial charge in [-0.15, -0.1) is 0 Å². The Labute approximate surface area is 129 Å². The van der Waals surface area contributed by atoms with Gasteiger partial charge in [-0.25, -0.2) is 0 Å². The van der Waals surface area contributed by atoms with Crippen molar-refractivity contribution in [3.8, 4) is 6.07 Å². The van der Waals surface area contributed by atoms with Gasteiger partial charge in [-0.1, -0.05) is 11.6 Å². The van der Waals surface area contributed by atoms with Crippen LogP contribution in [0.2, 0.25) is 5.02 Å². The summed E-state index contributed by atoms with van der Waals surface area (Å²) in [6, 6.07) is 6.84. The molecule has 0 aliphatic carbocycles. The zero-order chi connectivity index (χ0) is 15.4. The normalized spacial score (nSPS) is 22.6. The Morgan fingerprint density at radius 3 is 2.71 bits per heavy atom. The van der Waals surface area contributed by atoms with Gasteiger partial charge < -0.3 is 10.1 Å². The zero-order valence-corrected chi connectivity index (χ0v) is 12.9. The molecule has 112 valence electrons. The summed E-state index contributed by atoms with van der Waals surface area (Å²) >= 11 is 5.94. The Balaban J connectivity index is 1.93. The van der Waals surface area contributed by atoms with E-state index >= 15 is 0 Å². The summed E-state index contributed by atoms with van der Waals surface area (Å²) in [7, 11) is 0. The molecule has 5 nitrogen and oxygen atoms in total. The van der Waals surface area contributed by atoms with Crippen molar-refractivity contribution in [1.29, 1.82) is 5.26 Å². The van der Waals surface area contributed by atoms with Crippen molar-refractivity contribution < 1.29 is 9.53 Å². The molecule has 0 saturated carbocycles. The Hall–Kier alpha value is -1.61. The molecule has 2 rings (SSSR count). The third kappa shape index (κ3) is 4.43. The highest BCUT2D eigenvalue weighted by atomic mass is 35.5. The highest BCUT2D eigenvalue weighted by Gasteiger charge is 2.23. The summed E-state index contributed by atoms with van der Waals surface area (Å²) in [5, 5.41) is 11.9. The third-order valence-corrected chi connectivity index (χ3v) is 3.55. The van der Waals surface area contributed by atoms with Crippen molar-refractivity contribution in [2.45, 2.75) is 26.1 Å². The van der Waals surface area contributed by atoms with Crippen LogP contribution in [0.15, 0.2) is 18.2 Å². The largest absolute Gasteiger partial charge is 0.373 e. The van der Waals surface area contributed by atoms with Crippen molar-refractivity contribution in [3.05, 3.63) is 28.8 Å². The van der Waals surface area contributed by atoms with Crippen LogP contribution in [0.5, 0.6) is 0 Å². The van der Waals surface area contributed by atoms with Crippen LogP contribution < -0.4 is 5.32 Å². The van der Waals surface area contributed by atoms with E-state index in [1.807, 2.05) is 19.9 Å². The number of nitriles is 1. The molecule has 0 radical (unpaired) electrons. The number of anilines is 1. The molecule has 0 unspecified atom stereocenters. The summed E-state index contributed by atoms with van der Waals surface area (Å²) in [6.45, 7) is 5.80. The number of morpholine rings is 1. The second-order valence-electron chi connectivity index (χ2n) is 5.31. The van der Waals surface area contributed by atoms with E-state index in [1.54, 1.807) is 18.2 Å². The van der Waals surface area contributed by atoms with Crippen LogP contribution in [0, 0.1) is 11.3 Å². The number of rotatable bonds is 3. The van der Waals surface area contributed by atoms with Crippen molar-refractivity contribution in [2.75, 3.05) is 25.0 Å². The van der Waals surface area contributed by atoms with E-state index in [4.69, 9.17) is 21.6 Å². The van der Waals surface area contributed by atoms with Crippen LogP contribution in [0.1, 0.15) is 19.4 Å². The number of ether oxygens (including phenoxy) is 1. The van der Waals surface area contributed by atoms with Crippen molar-refractivity contribution >= 4 is 23.2 Å². The average Bonchev–Trinajstić information content (AvgIpc) is 2.37. The lowest BCUT2D eigenvalue weighted by molar-refractivity contribution is -0.121. The maximum atomic E-state index is 12.1. The molecule has 1 heterocycles. The summed E-state index contributed by atoms with van der Waals surface area (Å²) in [4.78, 5) is 14.1. The molecular formula is C15H18ClN3O2. The number of halogens is 1. The van der Waals surface area contributed by atoms with Crippen LogP contribution in [0.25, 0.3) is 0 Å². The van der Waals surface area contributed by atoms with Gasteiger partial charge in [-0.2, -0.15) is 5.26 Å². The van der Waals surface area contributed by atoms with E-state index in [9.17, 15) is 4.79 Å². The first kappa shape index (κ1) is 15.8. The van der Waals surface area contributed by atoms with E-state index in [1.165, 1.54) is 0 Å². The third-order valence-electron chi connectivity index (χ3n) is 3.24. The van der Waals surface area contributed by atoms with Crippen LogP contribution >= 0.6 is 11.6 Å². The average molecular weight is 308 g/mol. The summed E-state index contributed by atoms with van der Waals surface area (Å²) in [6.07, 6.45) is 0.261. The van der Waals surface area contributed by atoms with Gasteiger partial charge in [0, 0.05) is 18.8 Å². The molecule has 0 spiro atoms. The molecule has 6 heteroatoms. The second kappa shape index (κ2) is 6.90. The highest BCUT2D eigenvalue weighted by Crippen LogP contribution is 2.20. The van der Waals surface area contributed by atoms with Crippen LogP contribution in [0.3, 0.4) is 0 Å². The first-order valence-electron chi connectivity index (χ1n) is 6.85. The van der Waals surface area contributed by atoms with Crippen molar-refractivity contribution in [1.82, 2.24) is 4.90 Å². The van der Waals surface area contributed by atoms with Gasteiger partial charge in [-0.05, 0) is 32.0 Å². The molecule has 1 aliphatic rings. The van der Waals surface area contributed by atoms with Gasteiger partial charge in [0.05, 0.1) is 29.3 Å². The Bertz CT molecular complexity index is 561. The van der Waals surface area contributed by atoms with Gasteiger partial charge in [0.2, 0.25) is 5.91 Å². The quantitative estimate of drug-likeness (QED) is 0.930. The standard InChI is InChI=1S/C15H18ClN3O2/c1-10-7-19(8-11(2)21-10)9-15(20)18-13-4-3-12(6-17)14(16)5-13/h3-5,10-11H,7-9H2,1-2H3,(H,18,20)/t10-,11+. The maximum absolute atomic E-state index is 12.1. The van der Waals surface area contributed by atoms with Crippen molar-refractivity contribution in [2.24, 2.45) is 0 Å². The number of hydrogen-bond acceptors (Lipinski definition) is 4.